The summed E-state index contributed by atoms with van der Waals surface area (Å²) in [6.07, 6.45) is 4.41. The normalized spacial score (nSPS) is 11.5. The van der Waals surface area contributed by atoms with Crippen LogP contribution < -0.4 is 10.5 Å². The Bertz CT molecular complexity index is 731. The van der Waals surface area contributed by atoms with Crippen LogP contribution in [0.1, 0.15) is 0 Å². The van der Waals surface area contributed by atoms with Crippen molar-refractivity contribution in [3.05, 3.63) is 29.1 Å². The van der Waals surface area contributed by atoms with E-state index in [1.165, 1.54) is 18.5 Å². The fraction of sp³-hybridized carbons (Fsp3) is 0.273. The molecule has 0 aliphatic heterocycles. The summed E-state index contributed by atoms with van der Waals surface area (Å²) in [5, 5.41) is 4.03. The van der Waals surface area contributed by atoms with Crippen molar-refractivity contribution in [1.29, 1.82) is 0 Å². The number of pyridine rings is 1. The van der Waals surface area contributed by atoms with E-state index < -0.39 is 10.0 Å². The Morgan fingerprint density at radius 1 is 1.48 bits per heavy atom. The average Bonchev–Trinajstić information content (AvgIpc) is 2.86. The first-order valence-electron chi connectivity index (χ1n) is 5.87. The molecule has 0 radical (unpaired) electrons. The van der Waals surface area contributed by atoms with E-state index in [-0.39, 0.29) is 10.7 Å². The number of hydrogen-bond acceptors (Lipinski definition) is 6. The number of hydrogen-bond donors (Lipinski definition) is 2. The standard InChI is InChI=1S/C11H14BrN5O3S/c1-20-3-2-17-7-9(6-15-17)16-21(18,19)10-4-8(12)5-14-11(10)13/h4-7,16H,2-3H2,1H3,(H2,13,14). The Balaban J connectivity index is 2.21. The van der Waals surface area contributed by atoms with Crippen LogP contribution in [0.4, 0.5) is 11.5 Å². The van der Waals surface area contributed by atoms with Crippen LogP contribution in [0, 0.1) is 0 Å². The Morgan fingerprint density at radius 2 is 2.24 bits per heavy atom. The summed E-state index contributed by atoms with van der Waals surface area (Å²) in [5.74, 6) is -0.0718. The van der Waals surface area contributed by atoms with Crippen LogP contribution in [0.25, 0.3) is 0 Å². The van der Waals surface area contributed by atoms with Gasteiger partial charge >= 0.3 is 0 Å². The topological polar surface area (TPSA) is 112 Å². The molecule has 0 aliphatic carbocycles. The van der Waals surface area contributed by atoms with E-state index >= 15 is 0 Å². The minimum atomic E-state index is -3.83. The highest BCUT2D eigenvalue weighted by Gasteiger charge is 2.19. The second kappa shape index (κ2) is 6.41. The van der Waals surface area contributed by atoms with Crippen molar-refractivity contribution in [3.8, 4) is 0 Å². The fourth-order valence-corrected chi connectivity index (χ4v) is 3.20. The van der Waals surface area contributed by atoms with Crippen molar-refractivity contribution in [2.45, 2.75) is 11.4 Å². The van der Waals surface area contributed by atoms with Gasteiger partial charge in [0.2, 0.25) is 0 Å². The summed E-state index contributed by atoms with van der Waals surface area (Å²) < 4.78 is 34.0. The predicted octanol–water partition coefficient (Wildman–Crippen LogP) is 1.07. The van der Waals surface area contributed by atoms with Gasteiger partial charge in [-0.25, -0.2) is 13.4 Å². The van der Waals surface area contributed by atoms with E-state index in [1.54, 1.807) is 18.0 Å². The summed E-state index contributed by atoms with van der Waals surface area (Å²) in [6.45, 7) is 1.01. The van der Waals surface area contributed by atoms with Gasteiger partial charge in [-0.15, -0.1) is 0 Å². The van der Waals surface area contributed by atoms with E-state index in [2.05, 4.69) is 30.7 Å². The zero-order valence-corrected chi connectivity index (χ0v) is 13.6. The molecule has 114 valence electrons. The van der Waals surface area contributed by atoms with Crippen LogP contribution in [0.5, 0.6) is 0 Å². The van der Waals surface area contributed by atoms with Gasteiger partial charge in [0.15, 0.2) is 0 Å². The Morgan fingerprint density at radius 3 is 2.95 bits per heavy atom. The van der Waals surface area contributed by atoms with E-state index in [4.69, 9.17) is 10.5 Å². The van der Waals surface area contributed by atoms with E-state index in [9.17, 15) is 8.42 Å². The first-order chi connectivity index (χ1) is 9.92. The number of sulfonamides is 1. The van der Waals surface area contributed by atoms with Crippen LogP contribution in [-0.4, -0.2) is 36.9 Å². The van der Waals surface area contributed by atoms with Crippen LogP contribution in [-0.2, 0) is 21.3 Å². The summed E-state index contributed by atoms with van der Waals surface area (Å²) in [7, 11) is -2.25. The second-order valence-corrected chi connectivity index (χ2v) is 6.69. The number of rotatable bonds is 6. The van der Waals surface area contributed by atoms with Crippen molar-refractivity contribution in [1.82, 2.24) is 14.8 Å². The number of methoxy groups -OCH3 is 1. The molecule has 0 aromatic carbocycles. The summed E-state index contributed by atoms with van der Waals surface area (Å²) in [4.78, 5) is 3.71. The Hall–Kier alpha value is -1.65. The highest BCUT2D eigenvalue weighted by molar-refractivity contribution is 9.10. The maximum Gasteiger partial charge on any atom is 0.265 e. The fourth-order valence-electron chi connectivity index (χ4n) is 1.58. The van der Waals surface area contributed by atoms with Crippen molar-refractivity contribution in [3.63, 3.8) is 0 Å². The quantitative estimate of drug-likeness (QED) is 0.780. The number of nitrogens with zero attached hydrogens (tertiary/aromatic N) is 3. The number of ether oxygens (including phenoxy) is 1. The largest absolute Gasteiger partial charge is 0.383 e. The molecule has 0 unspecified atom stereocenters. The molecule has 0 atom stereocenters. The molecule has 2 aromatic rings. The maximum absolute atomic E-state index is 12.3. The van der Waals surface area contributed by atoms with Gasteiger partial charge in [0, 0.05) is 24.0 Å². The highest BCUT2D eigenvalue weighted by atomic mass is 79.9. The summed E-state index contributed by atoms with van der Waals surface area (Å²) >= 11 is 3.17. The monoisotopic (exact) mass is 375 g/mol. The number of nitrogens with two attached hydrogens (primary N) is 1. The molecule has 0 saturated carbocycles. The molecule has 21 heavy (non-hydrogen) atoms. The smallest absolute Gasteiger partial charge is 0.265 e. The summed E-state index contributed by atoms with van der Waals surface area (Å²) in [6, 6.07) is 1.39. The molecule has 10 heteroatoms. The molecule has 0 fully saturated rings. The zero-order chi connectivity index (χ0) is 15.5. The van der Waals surface area contributed by atoms with Gasteiger partial charge in [-0.2, -0.15) is 5.10 Å². The predicted molar refractivity (Wildman–Crippen MR) is 81.3 cm³/mol. The number of aromatic nitrogens is 3. The molecular formula is C11H14BrN5O3S. The zero-order valence-electron chi connectivity index (χ0n) is 11.2. The number of nitrogen functional groups attached to an aromatic ring is 1. The molecule has 0 spiro atoms. The lowest BCUT2D eigenvalue weighted by molar-refractivity contribution is 0.183. The van der Waals surface area contributed by atoms with Crippen molar-refractivity contribution in [2.75, 3.05) is 24.2 Å². The molecule has 2 aromatic heterocycles. The van der Waals surface area contributed by atoms with Crippen LogP contribution in [0.3, 0.4) is 0 Å². The lowest BCUT2D eigenvalue weighted by Gasteiger charge is -2.08. The molecular weight excluding hydrogens is 362 g/mol. The first kappa shape index (κ1) is 15.7. The lowest BCUT2D eigenvalue weighted by Crippen LogP contribution is -2.15. The average molecular weight is 376 g/mol. The molecule has 0 bridgehead atoms. The molecule has 0 amide bonds. The van der Waals surface area contributed by atoms with Crippen LogP contribution in [0.15, 0.2) is 34.0 Å². The van der Waals surface area contributed by atoms with E-state index in [0.29, 0.717) is 23.3 Å². The maximum atomic E-state index is 12.3. The van der Waals surface area contributed by atoms with Crippen molar-refractivity contribution < 1.29 is 13.2 Å². The van der Waals surface area contributed by atoms with E-state index in [1.807, 2.05) is 0 Å². The minimum absolute atomic E-state index is 0.0718. The molecule has 8 nitrogen and oxygen atoms in total. The summed E-state index contributed by atoms with van der Waals surface area (Å²) in [5.41, 5.74) is 5.95. The molecule has 2 rings (SSSR count). The second-order valence-electron chi connectivity index (χ2n) is 4.13. The minimum Gasteiger partial charge on any atom is -0.383 e. The van der Waals surface area contributed by atoms with Gasteiger partial charge in [0.05, 0.1) is 25.0 Å². The third-order valence-electron chi connectivity index (χ3n) is 2.55. The van der Waals surface area contributed by atoms with Gasteiger partial charge in [0.25, 0.3) is 10.0 Å². The number of halogens is 1. The molecule has 3 N–H and O–H groups in total. The van der Waals surface area contributed by atoms with Gasteiger partial charge in [-0.1, -0.05) is 0 Å². The van der Waals surface area contributed by atoms with Gasteiger partial charge in [-0.3, -0.25) is 9.40 Å². The molecule has 0 aliphatic rings. The number of anilines is 2. The van der Waals surface area contributed by atoms with Crippen LogP contribution >= 0.6 is 15.9 Å². The van der Waals surface area contributed by atoms with Crippen LogP contribution in [0.2, 0.25) is 0 Å². The lowest BCUT2D eigenvalue weighted by atomic mass is 10.5. The SMILES string of the molecule is COCCn1cc(NS(=O)(=O)c2cc(Br)cnc2N)cn1. The molecule has 2 heterocycles. The van der Waals surface area contributed by atoms with Crippen molar-refractivity contribution >= 4 is 37.5 Å². The Labute approximate surface area is 130 Å². The van der Waals surface area contributed by atoms with Crippen molar-refractivity contribution in [2.24, 2.45) is 0 Å². The first-order valence-corrected chi connectivity index (χ1v) is 8.15. The third kappa shape index (κ3) is 3.93. The van der Waals surface area contributed by atoms with E-state index in [0.717, 1.165) is 0 Å². The van der Waals surface area contributed by atoms with Gasteiger partial charge < -0.3 is 10.5 Å². The van der Waals surface area contributed by atoms with Gasteiger partial charge in [0.1, 0.15) is 10.7 Å². The molecule has 0 saturated heterocycles. The highest BCUT2D eigenvalue weighted by Crippen LogP contribution is 2.22. The Kier molecular flexibility index (Phi) is 4.80. The third-order valence-corrected chi connectivity index (χ3v) is 4.39. The number of nitrogens with one attached hydrogen (secondary N) is 1. The van der Waals surface area contributed by atoms with Gasteiger partial charge in [-0.05, 0) is 22.0 Å².